The molecule has 154 valence electrons. The summed E-state index contributed by atoms with van der Waals surface area (Å²) in [7, 11) is 1.48. The molecule has 1 aliphatic heterocycles. The van der Waals surface area contributed by atoms with E-state index in [1.54, 1.807) is 12.1 Å². The zero-order valence-electron chi connectivity index (χ0n) is 16.1. The van der Waals surface area contributed by atoms with Gasteiger partial charge >= 0.3 is 0 Å². The fraction of sp³-hybridized carbons (Fsp3) is 0.333. The molecule has 3 rings (SSSR count). The second-order valence-corrected chi connectivity index (χ2v) is 8.79. The highest BCUT2D eigenvalue weighted by atomic mass is 79.9. The number of phenolic OH excluding ortho intramolecular Hbond substituents is 1. The lowest BCUT2D eigenvalue weighted by atomic mass is 9.96. The van der Waals surface area contributed by atoms with Gasteiger partial charge in [0.1, 0.15) is 0 Å². The van der Waals surface area contributed by atoms with Gasteiger partial charge in [0, 0.05) is 27.0 Å². The van der Waals surface area contributed by atoms with E-state index in [2.05, 4.69) is 59.4 Å². The molecule has 1 fully saturated rings. The Morgan fingerprint density at radius 1 is 1.24 bits per heavy atom. The Kier molecular flexibility index (Phi) is 7.69. The number of amides is 1. The van der Waals surface area contributed by atoms with Crippen molar-refractivity contribution >= 4 is 44.0 Å². The summed E-state index contributed by atoms with van der Waals surface area (Å²) in [6.07, 6.45) is 3.02. The Bertz CT molecular complexity index is 879. The van der Waals surface area contributed by atoms with Gasteiger partial charge in [0.15, 0.2) is 11.5 Å². The molecule has 0 radical (unpaired) electrons. The Balaban J connectivity index is 1.49. The number of nitrogens with zero attached hydrogens (tertiary/aromatic N) is 2. The molecule has 2 aromatic carbocycles. The maximum Gasteiger partial charge on any atom is 0.243 e. The number of ether oxygens (including phenoxy) is 1. The first-order valence-corrected chi connectivity index (χ1v) is 10.9. The third kappa shape index (κ3) is 6.04. The lowest BCUT2D eigenvalue weighted by molar-refractivity contribution is -0.126. The molecule has 0 aliphatic carbocycles. The summed E-state index contributed by atoms with van der Waals surface area (Å²) in [6.45, 7) is 2.65. The van der Waals surface area contributed by atoms with Gasteiger partial charge < -0.3 is 9.84 Å². The summed E-state index contributed by atoms with van der Waals surface area (Å²) in [6, 6.07) is 11.7. The van der Waals surface area contributed by atoms with Crippen LogP contribution >= 0.6 is 31.9 Å². The molecule has 0 saturated carbocycles. The molecule has 0 atom stereocenters. The normalized spacial score (nSPS) is 15.6. The number of aromatic hydroxyl groups is 1. The van der Waals surface area contributed by atoms with E-state index in [0.717, 1.165) is 41.4 Å². The van der Waals surface area contributed by atoms with Crippen LogP contribution in [-0.4, -0.2) is 42.3 Å². The lowest BCUT2D eigenvalue weighted by Crippen LogP contribution is -2.39. The van der Waals surface area contributed by atoms with E-state index in [-0.39, 0.29) is 17.6 Å². The number of benzene rings is 2. The van der Waals surface area contributed by atoms with E-state index >= 15 is 0 Å². The van der Waals surface area contributed by atoms with Gasteiger partial charge in [-0.3, -0.25) is 9.69 Å². The summed E-state index contributed by atoms with van der Waals surface area (Å²) >= 11 is 6.81. The minimum Gasteiger partial charge on any atom is -0.504 e. The number of methoxy groups -OCH3 is 1. The first-order valence-electron chi connectivity index (χ1n) is 9.32. The lowest BCUT2D eigenvalue weighted by Gasteiger charge is -2.30. The van der Waals surface area contributed by atoms with Gasteiger partial charge in [-0.25, -0.2) is 5.43 Å². The average Bonchev–Trinajstić information content (AvgIpc) is 2.72. The molecular formula is C21H23Br2N3O3. The molecule has 8 heteroatoms. The molecular weight excluding hydrogens is 502 g/mol. The van der Waals surface area contributed by atoms with Crippen LogP contribution in [-0.2, 0) is 11.3 Å². The van der Waals surface area contributed by atoms with Crippen LogP contribution in [0.25, 0.3) is 0 Å². The third-order valence-corrected chi connectivity index (χ3v) is 5.93. The van der Waals surface area contributed by atoms with Gasteiger partial charge in [-0.05, 0) is 55.8 Å². The number of likely N-dealkylation sites (tertiary alicyclic amines) is 1. The van der Waals surface area contributed by atoms with Crippen LogP contribution in [0, 0.1) is 5.92 Å². The van der Waals surface area contributed by atoms with Crippen molar-refractivity contribution in [3.8, 4) is 11.5 Å². The number of hydrazone groups is 1. The molecule has 0 aromatic heterocycles. The van der Waals surface area contributed by atoms with Crippen LogP contribution in [0.4, 0.5) is 0 Å². The molecule has 2 aromatic rings. The number of carbonyl (C=O) groups is 1. The van der Waals surface area contributed by atoms with Gasteiger partial charge in [0.05, 0.1) is 13.3 Å². The van der Waals surface area contributed by atoms with Crippen LogP contribution in [0.5, 0.6) is 11.5 Å². The van der Waals surface area contributed by atoms with Crippen LogP contribution in [0.2, 0.25) is 0 Å². The minimum atomic E-state index is -0.0917. The molecule has 6 nitrogen and oxygen atoms in total. The van der Waals surface area contributed by atoms with E-state index in [1.807, 2.05) is 12.1 Å². The first kappa shape index (κ1) is 21.8. The van der Waals surface area contributed by atoms with E-state index in [4.69, 9.17) is 4.74 Å². The van der Waals surface area contributed by atoms with Crippen molar-refractivity contribution in [2.24, 2.45) is 11.0 Å². The summed E-state index contributed by atoms with van der Waals surface area (Å²) < 4.78 is 6.94. The molecule has 2 N–H and O–H groups in total. The number of piperidine rings is 1. The number of phenols is 1. The van der Waals surface area contributed by atoms with E-state index in [0.29, 0.717) is 11.3 Å². The standard InChI is InChI=1S/C21H23Br2N3O3/c1-29-19-11-18(23)10-16(20(19)27)12-24-25-21(28)15-6-8-26(9-7-15)13-14-2-4-17(22)5-3-14/h2-5,10-12,15,27H,6-9,13H2,1H3,(H,25,28)/b24-12+. The molecule has 1 saturated heterocycles. The molecule has 0 spiro atoms. The Morgan fingerprint density at radius 3 is 2.59 bits per heavy atom. The van der Waals surface area contributed by atoms with Gasteiger partial charge in [0.25, 0.3) is 0 Å². The van der Waals surface area contributed by atoms with Gasteiger partial charge in [-0.1, -0.05) is 44.0 Å². The first-order chi connectivity index (χ1) is 14.0. The molecule has 1 aliphatic rings. The maximum absolute atomic E-state index is 12.4. The van der Waals surface area contributed by atoms with Gasteiger partial charge in [0.2, 0.25) is 5.91 Å². The highest BCUT2D eigenvalue weighted by Gasteiger charge is 2.24. The van der Waals surface area contributed by atoms with Crippen molar-refractivity contribution in [2.45, 2.75) is 19.4 Å². The van der Waals surface area contributed by atoms with Crippen LogP contribution < -0.4 is 10.2 Å². The summed E-state index contributed by atoms with van der Waals surface area (Å²) in [5, 5.41) is 14.1. The van der Waals surface area contributed by atoms with Crippen molar-refractivity contribution < 1.29 is 14.6 Å². The third-order valence-electron chi connectivity index (χ3n) is 4.95. The average molecular weight is 525 g/mol. The highest BCUT2D eigenvalue weighted by Crippen LogP contribution is 2.32. The monoisotopic (exact) mass is 523 g/mol. The molecule has 1 amide bonds. The Morgan fingerprint density at radius 2 is 1.93 bits per heavy atom. The van der Waals surface area contributed by atoms with Gasteiger partial charge in [-0.2, -0.15) is 5.10 Å². The fourth-order valence-corrected chi connectivity index (χ4v) is 4.03. The van der Waals surface area contributed by atoms with Crippen molar-refractivity contribution in [1.82, 2.24) is 10.3 Å². The predicted molar refractivity (Wildman–Crippen MR) is 120 cm³/mol. The molecule has 1 heterocycles. The number of rotatable bonds is 6. The largest absolute Gasteiger partial charge is 0.504 e. The summed E-state index contributed by atoms with van der Waals surface area (Å²) in [4.78, 5) is 14.8. The Hall–Kier alpha value is -1.90. The Labute approximate surface area is 187 Å². The summed E-state index contributed by atoms with van der Waals surface area (Å²) in [5.41, 5.74) is 4.32. The zero-order valence-corrected chi connectivity index (χ0v) is 19.2. The minimum absolute atomic E-state index is 0.0186. The van der Waals surface area contributed by atoms with E-state index < -0.39 is 0 Å². The molecule has 0 unspecified atom stereocenters. The van der Waals surface area contributed by atoms with E-state index in [9.17, 15) is 9.90 Å². The van der Waals surface area contributed by atoms with Crippen LogP contribution in [0.1, 0.15) is 24.0 Å². The number of halogens is 2. The van der Waals surface area contributed by atoms with Crippen molar-refractivity contribution in [1.29, 1.82) is 0 Å². The smallest absolute Gasteiger partial charge is 0.243 e. The van der Waals surface area contributed by atoms with E-state index in [1.165, 1.54) is 18.9 Å². The van der Waals surface area contributed by atoms with Crippen molar-refractivity contribution in [2.75, 3.05) is 20.2 Å². The van der Waals surface area contributed by atoms with Crippen molar-refractivity contribution in [3.05, 3.63) is 56.5 Å². The van der Waals surface area contributed by atoms with Gasteiger partial charge in [-0.15, -0.1) is 0 Å². The number of nitrogens with one attached hydrogen (secondary N) is 1. The molecule has 29 heavy (non-hydrogen) atoms. The maximum atomic E-state index is 12.4. The number of hydrogen-bond donors (Lipinski definition) is 2. The number of carbonyl (C=O) groups excluding carboxylic acids is 1. The second kappa shape index (κ2) is 10.2. The fourth-order valence-electron chi connectivity index (χ4n) is 3.31. The topological polar surface area (TPSA) is 74.2 Å². The highest BCUT2D eigenvalue weighted by molar-refractivity contribution is 9.10. The predicted octanol–water partition coefficient (Wildman–Crippen LogP) is 4.29. The van der Waals surface area contributed by atoms with Crippen LogP contribution in [0.15, 0.2) is 50.4 Å². The SMILES string of the molecule is COc1cc(Br)cc(/C=N/NC(=O)C2CCN(Cc3ccc(Br)cc3)CC2)c1O. The zero-order chi connectivity index (χ0) is 20.8. The summed E-state index contributed by atoms with van der Waals surface area (Å²) in [5.74, 6) is 0.171. The van der Waals surface area contributed by atoms with Crippen LogP contribution in [0.3, 0.4) is 0 Å². The van der Waals surface area contributed by atoms with Crippen molar-refractivity contribution in [3.63, 3.8) is 0 Å². The molecule has 0 bridgehead atoms. The number of hydrogen-bond acceptors (Lipinski definition) is 5. The second-order valence-electron chi connectivity index (χ2n) is 6.96. The quantitative estimate of drug-likeness (QED) is 0.436.